The third kappa shape index (κ3) is 3.75. The zero-order chi connectivity index (χ0) is 15.1. The fraction of sp³-hybridized carbons (Fsp3) is 0.235. The van der Waals surface area contributed by atoms with E-state index in [0.29, 0.717) is 30.2 Å². The Morgan fingerprint density at radius 2 is 1.90 bits per heavy atom. The van der Waals surface area contributed by atoms with Crippen LogP contribution in [0.25, 0.3) is 0 Å². The Balaban J connectivity index is 2.15. The second-order valence-electron chi connectivity index (χ2n) is 4.54. The summed E-state index contributed by atoms with van der Waals surface area (Å²) in [5, 5.41) is 12.3. The summed E-state index contributed by atoms with van der Waals surface area (Å²) in [5.74, 6) is 1.35. The Kier molecular flexibility index (Phi) is 5.21. The molecule has 4 nitrogen and oxygen atoms in total. The van der Waals surface area contributed by atoms with Crippen molar-refractivity contribution < 1.29 is 14.7 Å². The summed E-state index contributed by atoms with van der Waals surface area (Å²) >= 11 is 0. The highest BCUT2D eigenvalue weighted by molar-refractivity contribution is 6.02. The van der Waals surface area contributed by atoms with E-state index < -0.39 is 0 Å². The van der Waals surface area contributed by atoms with E-state index >= 15 is 0 Å². The Labute approximate surface area is 124 Å². The predicted octanol–water partition coefficient (Wildman–Crippen LogP) is 3.86. The number of nitrogens with zero attached hydrogens (tertiary/aromatic N) is 1. The van der Waals surface area contributed by atoms with E-state index in [1.54, 1.807) is 13.2 Å². The van der Waals surface area contributed by atoms with Gasteiger partial charge in [0, 0.05) is 11.6 Å². The second kappa shape index (κ2) is 7.33. The van der Waals surface area contributed by atoms with Crippen LogP contribution >= 0.6 is 0 Å². The first-order valence-electron chi connectivity index (χ1n) is 6.84. The molecule has 110 valence electrons. The maximum atomic E-state index is 9.02. The standard InChI is InChI=1S/C17H19NO3/c1-3-16(18-19)15-10-9-14(11-17(15)20-2)21-12-13-7-5-4-6-8-13/h4-11,19H,3,12H2,1-2H3/b18-16-. The number of hydrogen-bond donors (Lipinski definition) is 1. The van der Waals surface area contributed by atoms with Crippen molar-refractivity contribution in [3.05, 3.63) is 59.7 Å². The van der Waals surface area contributed by atoms with Crippen molar-refractivity contribution in [2.45, 2.75) is 20.0 Å². The summed E-state index contributed by atoms with van der Waals surface area (Å²) in [6, 6.07) is 15.5. The minimum Gasteiger partial charge on any atom is -0.496 e. The average Bonchev–Trinajstić information content (AvgIpc) is 2.55. The van der Waals surface area contributed by atoms with Gasteiger partial charge in [-0.15, -0.1) is 0 Å². The summed E-state index contributed by atoms with van der Waals surface area (Å²) in [6.45, 7) is 2.42. The van der Waals surface area contributed by atoms with E-state index in [0.717, 1.165) is 11.1 Å². The monoisotopic (exact) mass is 285 g/mol. The van der Waals surface area contributed by atoms with E-state index in [-0.39, 0.29) is 0 Å². The topological polar surface area (TPSA) is 51.1 Å². The quantitative estimate of drug-likeness (QED) is 0.498. The molecular formula is C17H19NO3. The van der Waals surface area contributed by atoms with Crippen molar-refractivity contribution in [3.8, 4) is 11.5 Å². The fourth-order valence-electron chi connectivity index (χ4n) is 2.06. The summed E-state index contributed by atoms with van der Waals surface area (Å²) in [5.41, 5.74) is 2.46. The molecule has 4 heteroatoms. The number of benzene rings is 2. The Morgan fingerprint density at radius 1 is 1.14 bits per heavy atom. The molecule has 0 spiro atoms. The number of hydrogen-bond acceptors (Lipinski definition) is 4. The fourth-order valence-corrected chi connectivity index (χ4v) is 2.06. The van der Waals surface area contributed by atoms with Crippen LogP contribution in [0.5, 0.6) is 11.5 Å². The highest BCUT2D eigenvalue weighted by Gasteiger charge is 2.10. The molecular weight excluding hydrogens is 266 g/mol. The minimum absolute atomic E-state index is 0.498. The normalized spacial score (nSPS) is 11.2. The molecule has 2 aromatic carbocycles. The first-order chi connectivity index (χ1) is 10.3. The third-order valence-corrected chi connectivity index (χ3v) is 3.19. The van der Waals surface area contributed by atoms with Crippen LogP contribution < -0.4 is 9.47 Å². The maximum Gasteiger partial charge on any atom is 0.131 e. The zero-order valence-electron chi connectivity index (χ0n) is 12.2. The molecule has 0 amide bonds. The van der Waals surface area contributed by atoms with Gasteiger partial charge in [0.15, 0.2) is 0 Å². The molecule has 0 aromatic heterocycles. The lowest BCUT2D eigenvalue weighted by Crippen LogP contribution is -2.03. The van der Waals surface area contributed by atoms with E-state index in [1.807, 2.05) is 49.4 Å². The molecule has 0 atom stereocenters. The molecule has 0 radical (unpaired) electrons. The largest absolute Gasteiger partial charge is 0.496 e. The van der Waals surface area contributed by atoms with Gasteiger partial charge in [0.25, 0.3) is 0 Å². The number of ether oxygens (including phenoxy) is 2. The summed E-state index contributed by atoms with van der Waals surface area (Å²) < 4.78 is 11.1. The van der Waals surface area contributed by atoms with Gasteiger partial charge in [0.05, 0.1) is 12.8 Å². The van der Waals surface area contributed by atoms with Gasteiger partial charge in [0.2, 0.25) is 0 Å². The molecule has 0 unspecified atom stereocenters. The van der Waals surface area contributed by atoms with Crippen molar-refractivity contribution in [1.82, 2.24) is 0 Å². The Morgan fingerprint density at radius 3 is 2.52 bits per heavy atom. The van der Waals surface area contributed by atoms with Crippen molar-refractivity contribution in [2.24, 2.45) is 5.16 Å². The molecule has 0 saturated heterocycles. The van der Waals surface area contributed by atoms with Crippen LogP contribution in [-0.4, -0.2) is 18.0 Å². The molecule has 0 heterocycles. The van der Waals surface area contributed by atoms with Gasteiger partial charge in [-0.1, -0.05) is 42.4 Å². The minimum atomic E-state index is 0.498. The third-order valence-electron chi connectivity index (χ3n) is 3.19. The molecule has 0 aliphatic carbocycles. The van der Waals surface area contributed by atoms with Crippen molar-refractivity contribution >= 4 is 5.71 Å². The zero-order valence-corrected chi connectivity index (χ0v) is 12.2. The number of oxime groups is 1. The van der Waals surface area contributed by atoms with Crippen LogP contribution in [0.15, 0.2) is 53.7 Å². The molecule has 0 saturated carbocycles. The molecule has 2 aromatic rings. The highest BCUT2D eigenvalue weighted by Crippen LogP contribution is 2.26. The first-order valence-corrected chi connectivity index (χ1v) is 6.84. The second-order valence-corrected chi connectivity index (χ2v) is 4.54. The van der Waals surface area contributed by atoms with Crippen LogP contribution in [0.1, 0.15) is 24.5 Å². The molecule has 1 N–H and O–H groups in total. The lowest BCUT2D eigenvalue weighted by atomic mass is 10.1. The van der Waals surface area contributed by atoms with Gasteiger partial charge in [-0.05, 0) is 24.1 Å². The van der Waals surface area contributed by atoms with Gasteiger partial charge < -0.3 is 14.7 Å². The molecule has 0 aliphatic rings. The summed E-state index contributed by atoms with van der Waals surface area (Å²) in [6.07, 6.45) is 0.622. The van der Waals surface area contributed by atoms with Crippen molar-refractivity contribution in [2.75, 3.05) is 7.11 Å². The van der Waals surface area contributed by atoms with Gasteiger partial charge in [-0.2, -0.15) is 0 Å². The first kappa shape index (κ1) is 14.9. The van der Waals surface area contributed by atoms with Crippen LogP contribution in [-0.2, 0) is 6.61 Å². The van der Waals surface area contributed by atoms with E-state index in [2.05, 4.69) is 5.16 Å². The summed E-state index contributed by atoms with van der Waals surface area (Å²) in [7, 11) is 1.59. The van der Waals surface area contributed by atoms with E-state index in [4.69, 9.17) is 14.7 Å². The van der Waals surface area contributed by atoms with Crippen molar-refractivity contribution in [3.63, 3.8) is 0 Å². The van der Waals surface area contributed by atoms with Crippen LogP contribution in [0.4, 0.5) is 0 Å². The van der Waals surface area contributed by atoms with Gasteiger partial charge in [-0.25, -0.2) is 0 Å². The Hall–Kier alpha value is -2.49. The van der Waals surface area contributed by atoms with E-state index in [9.17, 15) is 0 Å². The lowest BCUT2D eigenvalue weighted by Gasteiger charge is -2.12. The molecule has 2 rings (SSSR count). The molecule has 21 heavy (non-hydrogen) atoms. The molecule has 0 bridgehead atoms. The van der Waals surface area contributed by atoms with Gasteiger partial charge in [-0.3, -0.25) is 0 Å². The molecule has 0 aliphatic heterocycles. The van der Waals surface area contributed by atoms with Crippen LogP contribution in [0, 0.1) is 0 Å². The van der Waals surface area contributed by atoms with Crippen molar-refractivity contribution in [1.29, 1.82) is 0 Å². The number of methoxy groups -OCH3 is 1. The smallest absolute Gasteiger partial charge is 0.131 e. The van der Waals surface area contributed by atoms with E-state index in [1.165, 1.54) is 0 Å². The summed E-state index contributed by atoms with van der Waals surface area (Å²) in [4.78, 5) is 0. The predicted molar refractivity (Wildman–Crippen MR) is 82.4 cm³/mol. The lowest BCUT2D eigenvalue weighted by molar-refractivity contribution is 0.303. The highest BCUT2D eigenvalue weighted by atomic mass is 16.5. The Bertz CT molecular complexity index is 609. The van der Waals surface area contributed by atoms with Crippen LogP contribution in [0.2, 0.25) is 0 Å². The molecule has 0 fully saturated rings. The average molecular weight is 285 g/mol. The maximum absolute atomic E-state index is 9.02. The SMILES string of the molecule is CC/C(=N/O)c1ccc(OCc2ccccc2)cc1OC. The number of rotatable bonds is 6. The van der Waals surface area contributed by atoms with Gasteiger partial charge >= 0.3 is 0 Å². The van der Waals surface area contributed by atoms with Crippen LogP contribution in [0.3, 0.4) is 0 Å². The van der Waals surface area contributed by atoms with Gasteiger partial charge in [0.1, 0.15) is 18.1 Å².